The van der Waals surface area contributed by atoms with Gasteiger partial charge in [-0.2, -0.15) is 13.2 Å². The zero-order chi connectivity index (χ0) is 23.2. The van der Waals surface area contributed by atoms with E-state index in [1.807, 2.05) is 48.5 Å². The first kappa shape index (κ1) is 21.1. The first-order valence-corrected chi connectivity index (χ1v) is 10.3. The molecule has 1 N–H and O–H groups in total. The van der Waals surface area contributed by atoms with Crippen molar-refractivity contribution in [2.45, 2.75) is 12.8 Å². The molecule has 0 fully saturated rings. The summed E-state index contributed by atoms with van der Waals surface area (Å²) in [5, 5.41) is 1.08. The summed E-state index contributed by atoms with van der Waals surface area (Å²) in [4.78, 5) is 20.1. The second-order valence-electron chi connectivity index (χ2n) is 7.38. The standard InChI is InChI=1S/C24H15ClF3N3O2/c25-17-11-15(24(26,27)28)12-29-22(17)31-10-9-16-20-18(30-21(16)23(31)32)7-4-8-19(20)33-13-14-5-2-1-3-6-14/h1-12,30H,13H2. The van der Waals surface area contributed by atoms with Gasteiger partial charge in [0, 0.05) is 23.2 Å². The normalized spacial score (nSPS) is 11.9. The van der Waals surface area contributed by atoms with Gasteiger partial charge >= 0.3 is 6.18 Å². The fourth-order valence-corrected chi connectivity index (χ4v) is 3.96. The van der Waals surface area contributed by atoms with Gasteiger partial charge in [0.1, 0.15) is 17.9 Å². The van der Waals surface area contributed by atoms with Crippen LogP contribution in [0.25, 0.3) is 27.6 Å². The van der Waals surface area contributed by atoms with Gasteiger partial charge in [-0.3, -0.25) is 9.36 Å². The van der Waals surface area contributed by atoms with Gasteiger partial charge in [0.25, 0.3) is 5.56 Å². The molecular formula is C24H15ClF3N3O2. The van der Waals surface area contributed by atoms with Gasteiger partial charge < -0.3 is 9.72 Å². The molecule has 2 aromatic carbocycles. The summed E-state index contributed by atoms with van der Waals surface area (Å²) in [6.45, 7) is 0.356. The quantitative estimate of drug-likeness (QED) is 0.345. The molecule has 9 heteroatoms. The fraction of sp³-hybridized carbons (Fsp3) is 0.0833. The van der Waals surface area contributed by atoms with Crippen molar-refractivity contribution < 1.29 is 17.9 Å². The number of H-pyrrole nitrogens is 1. The Morgan fingerprint density at radius 1 is 1.06 bits per heavy atom. The number of rotatable bonds is 4. The number of ether oxygens (including phenoxy) is 1. The molecule has 166 valence electrons. The Bertz CT molecular complexity index is 1540. The molecule has 0 atom stereocenters. The number of aromatic nitrogens is 3. The smallest absolute Gasteiger partial charge is 0.417 e. The molecule has 0 aliphatic heterocycles. The number of halogens is 4. The van der Waals surface area contributed by atoms with Crippen LogP contribution < -0.4 is 10.3 Å². The minimum absolute atomic E-state index is 0.0872. The summed E-state index contributed by atoms with van der Waals surface area (Å²) < 4.78 is 45.9. The molecule has 3 aromatic heterocycles. The molecule has 0 aliphatic carbocycles. The summed E-state index contributed by atoms with van der Waals surface area (Å²) in [5.41, 5.74) is 0.473. The fourth-order valence-electron chi connectivity index (χ4n) is 3.70. The van der Waals surface area contributed by atoms with E-state index in [0.29, 0.717) is 29.5 Å². The summed E-state index contributed by atoms with van der Waals surface area (Å²) in [6.07, 6.45) is -2.50. The van der Waals surface area contributed by atoms with Gasteiger partial charge in [-0.15, -0.1) is 0 Å². The molecule has 33 heavy (non-hydrogen) atoms. The number of nitrogens with zero attached hydrogens (tertiary/aromatic N) is 2. The molecule has 0 spiro atoms. The van der Waals surface area contributed by atoms with Gasteiger partial charge in [0.15, 0.2) is 5.82 Å². The number of fused-ring (bicyclic) bond motifs is 3. The van der Waals surface area contributed by atoms with Crippen molar-refractivity contribution in [1.29, 1.82) is 0 Å². The van der Waals surface area contributed by atoms with Crippen LogP contribution in [-0.4, -0.2) is 14.5 Å². The second kappa shape index (κ2) is 7.97. The molecule has 5 nitrogen and oxygen atoms in total. The Balaban J connectivity index is 1.59. The Morgan fingerprint density at radius 2 is 1.85 bits per heavy atom. The monoisotopic (exact) mass is 469 g/mol. The lowest BCUT2D eigenvalue weighted by atomic mass is 10.1. The average Bonchev–Trinajstić information content (AvgIpc) is 3.19. The predicted octanol–water partition coefficient (Wildman–Crippen LogP) is 6.12. The molecule has 0 saturated heterocycles. The molecule has 0 aliphatic rings. The molecule has 3 heterocycles. The summed E-state index contributed by atoms with van der Waals surface area (Å²) in [7, 11) is 0. The first-order chi connectivity index (χ1) is 15.8. The van der Waals surface area contributed by atoms with Crippen molar-refractivity contribution in [3.8, 4) is 11.6 Å². The molecular weight excluding hydrogens is 455 g/mol. The van der Waals surface area contributed by atoms with Gasteiger partial charge in [0.05, 0.1) is 16.1 Å². The summed E-state index contributed by atoms with van der Waals surface area (Å²) in [5.74, 6) is 0.515. The van der Waals surface area contributed by atoms with E-state index in [9.17, 15) is 18.0 Å². The zero-order valence-electron chi connectivity index (χ0n) is 16.9. The van der Waals surface area contributed by atoms with Gasteiger partial charge in [0.2, 0.25) is 0 Å². The van der Waals surface area contributed by atoms with E-state index in [1.54, 1.807) is 6.07 Å². The van der Waals surface area contributed by atoms with Crippen molar-refractivity contribution in [2.75, 3.05) is 0 Å². The van der Waals surface area contributed by atoms with Crippen LogP contribution in [0.3, 0.4) is 0 Å². The number of pyridine rings is 2. The van der Waals surface area contributed by atoms with E-state index in [2.05, 4.69) is 9.97 Å². The lowest BCUT2D eigenvalue weighted by molar-refractivity contribution is -0.137. The molecule has 0 bridgehead atoms. The molecule has 0 unspecified atom stereocenters. The average molecular weight is 470 g/mol. The van der Waals surface area contributed by atoms with E-state index in [4.69, 9.17) is 16.3 Å². The Labute approximate surface area is 190 Å². The van der Waals surface area contributed by atoms with Gasteiger partial charge in [-0.1, -0.05) is 48.0 Å². The predicted molar refractivity (Wildman–Crippen MR) is 120 cm³/mol. The van der Waals surface area contributed by atoms with Crippen LogP contribution in [0.4, 0.5) is 13.2 Å². The van der Waals surface area contributed by atoms with Crippen LogP contribution in [0.1, 0.15) is 11.1 Å². The highest BCUT2D eigenvalue weighted by Crippen LogP contribution is 2.34. The number of benzene rings is 2. The highest BCUT2D eigenvalue weighted by Gasteiger charge is 2.32. The number of hydrogen-bond donors (Lipinski definition) is 1. The van der Waals surface area contributed by atoms with Crippen molar-refractivity contribution >= 4 is 33.4 Å². The minimum Gasteiger partial charge on any atom is -0.488 e. The summed E-state index contributed by atoms with van der Waals surface area (Å²) >= 11 is 6.04. The van der Waals surface area contributed by atoms with Crippen molar-refractivity contribution in [3.05, 3.63) is 99.6 Å². The van der Waals surface area contributed by atoms with E-state index < -0.39 is 17.3 Å². The number of aromatic amines is 1. The third-order valence-electron chi connectivity index (χ3n) is 5.26. The third kappa shape index (κ3) is 3.82. The van der Waals surface area contributed by atoms with E-state index in [1.165, 1.54) is 6.20 Å². The minimum atomic E-state index is -4.59. The lowest BCUT2D eigenvalue weighted by Gasteiger charge is -2.11. The SMILES string of the molecule is O=c1c2[nH]c3cccc(OCc4ccccc4)c3c2ccn1-c1ncc(C(F)(F)F)cc1Cl. The topological polar surface area (TPSA) is 59.9 Å². The van der Waals surface area contributed by atoms with Gasteiger partial charge in [-0.05, 0) is 29.8 Å². The van der Waals surface area contributed by atoms with Crippen LogP contribution in [0.5, 0.6) is 5.75 Å². The van der Waals surface area contributed by atoms with Crippen LogP contribution >= 0.6 is 11.6 Å². The van der Waals surface area contributed by atoms with E-state index in [0.717, 1.165) is 21.6 Å². The molecule has 0 amide bonds. The Morgan fingerprint density at radius 3 is 2.58 bits per heavy atom. The second-order valence-corrected chi connectivity index (χ2v) is 7.79. The van der Waals surface area contributed by atoms with E-state index >= 15 is 0 Å². The Kier molecular flexibility index (Phi) is 5.09. The maximum absolute atomic E-state index is 13.2. The largest absolute Gasteiger partial charge is 0.488 e. The van der Waals surface area contributed by atoms with Gasteiger partial charge in [-0.25, -0.2) is 4.98 Å². The molecule has 0 saturated carbocycles. The van der Waals surface area contributed by atoms with E-state index in [-0.39, 0.29) is 16.4 Å². The van der Waals surface area contributed by atoms with Crippen molar-refractivity contribution in [3.63, 3.8) is 0 Å². The number of hydrogen-bond acceptors (Lipinski definition) is 3. The number of nitrogens with one attached hydrogen (secondary N) is 1. The maximum Gasteiger partial charge on any atom is 0.417 e. The molecule has 5 rings (SSSR count). The lowest BCUT2D eigenvalue weighted by Crippen LogP contribution is -2.19. The number of alkyl halides is 3. The van der Waals surface area contributed by atoms with Crippen LogP contribution in [0.2, 0.25) is 5.02 Å². The van der Waals surface area contributed by atoms with Crippen molar-refractivity contribution in [1.82, 2.24) is 14.5 Å². The van der Waals surface area contributed by atoms with Crippen LogP contribution in [0, 0.1) is 0 Å². The van der Waals surface area contributed by atoms with Crippen LogP contribution in [0.15, 0.2) is 77.9 Å². The highest BCUT2D eigenvalue weighted by molar-refractivity contribution is 6.32. The maximum atomic E-state index is 13.2. The zero-order valence-corrected chi connectivity index (χ0v) is 17.6. The molecule has 5 aromatic rings. The highest BCUT2D eigenvalue weighted by atomic mass is 35.5. The van der Waals surface area contributed by atoms with Crippen LogP contribution in [-0.2, 0) is 12.8 Å². The van der Waals surface area contributed by atoms with Crippen molar-refractivity contribution in [2.24, 2.45) is 0 Å². The third-order valence-corrected chi connectivity index (χ3v) is 5.54. The molecule has 0 radical (unpaired) electrons. The Hall–Kier alpha value is -3.78. The first-order valence-electron chi connectivity index (χ1n) is 9.89. The summed E-state index contributed by atoms with van der Waals surface area (Å²) in [6, 6.07) is 17.6.